The predicted molar refractivity (Wildman–Crippen MR) is 55.7 cm³/mol. The van der Waals surface area contributed by atoms with Crippen LogP contribution in [0.15, 0.2) is 29.3 Å². The summed E-state index contributed by atoms with van der Waals surface area (Å²) in [5.41, 5.74) is 0. The van der Waals surface area contributed by atoms with Crippen molar-refractivity contribution in [2.75, 3.05) is 4.72 Å². The first-order valence-corrected chi connectivity index (χ1v) is 6.05. The Hall–Kier alpha value is -2.03. The van der Waals surface area contributed by atoms with Crippen LogP contribution in [0, 0.1) is 17.5 Å². The third-order valence-corrected chi connectivity index (χ3v) is 3.39. The Labute approximate surface area is 99.7 Å². The summed E-state index contributed by atoms with van der Waals surface area (Å²) in [6, 6.07) is 1.81. The molecule has 0 aliphatic rings. The summed E-state index contributed by atoms with van der Waals surface area (Å²) in [5, 5.41) is 5.71. The van der Waals surface area contributed by atoms with Crippen LogP contribution >= 0.6 is 0 Å². The van der Waals surface area contributed by atoms with Crippen molar-refractivity contribution in [2.24, 2.45) is 0 Å². The average Bonchev–Trinajstić information content (AvgIpc) is 2.66. The van der Waals surface area contributed by atoms with E-state index in [2.05, 4.69) is 10.2 Å². The summed E-state index contributed by atoms with van der Waals surface area (Å²) < 4.78 is 64.5. The first-order chi connectivity index (χ1) is 8.40. The molecule has 0 aliphatic carbocycles. The number of rotatable bonds is 3. The van der Waals surface area contributed by atoms with E-state index in [0.717, 1.165) is 0 Å². The fraction of sp³-hybridized carbons (Fsp3) is 0. The normalized spacial score (nSPS) is 11.5. The number of hydrogen-bond acceptors (Lipinski definition) is 3. The van der Waals surface area contributed by atoms with Gasteiger partial charge in [-0.3, -0.25) is 9.82 Å². The summed E-state index contributed by atoms with van der Waals surface area (Å²) in [4.78, 5) is -1.25. The van der Waals surface area contributed by atoms with E-state index in [1.165, 1.54) is 12.3 Å². The van der Waals surface area contributed by atoms with E-state index < -0.39 is 32.4 Å². The highest BCUT2D eigenvalue weighted by Crippen LogP contribution is 2.22. The monoisotopic (exact) mass is 277 g/mol. The molecule has 5 nitrogen and oxygen atoms in total. The van der Waals surface area contributed by atoms with Gasteiger partial charge in [-0.05, 0) is 0 Å². The Morgan fingerprint density at radius 3 is 2.28 bits per heavy atom. The Balaban J connectivity index is 2.48. The van der Waals surface area contributed by atoms with E-state index in [1.807, 2.05) is 4.72 Å². The van der Waals surface area contributed by atoms with Crippen LogP contribution in [0.2, 0.25) is 0 Å². The summed E-state index contributed by atoms with van der Waals surface area (Å²) in [6.45, 7) is 0. The van der Waals surface area contributed by atoms with Crippen molar-refractivity contribution >= 4 is 15.8 Å². The quantitative estimate of drug-likeness (QED) is 0.895. The maximum atomic E-state index is 13.3. The lowest BCUT2D eigenvalue weighted by Gasteiger charge is -2.07. The molecule has 0 unspecified atom stereocenters. The van der Waals surface area contributed by atoms with Gasteiger partial charge in [0.25, 0.3) is 10.0 Å². The number of halogens is 3. The first-order valence-electron chi connectivity index (χ1n) is 4.57. The number of sulfonamides is 1. The number of benzene rings is 1. The highest BCUT2D eigenvalue weighted by Gasteiger charge is 2.25. The average molecular weight is 277 g/mol. The van der Waals surface area contributed by atoms with Gasteiger partial charge in [0.15, 0.2) is 4.90 Å². The third kappa shape index (κ3) is 2.30. The van der Waals surface area contributed by atoms with Crippen molar-refractivity contribution in [3.8, 4) is 0 Å². The predicted octanol–water partition coefficient (Wildman–Crippen LogP) is 1.63. The van der Waals surface area contributed by atoms with Crippen molar-refractivity contribution in [1.82, 2.24) is 10.2 Å². The van der Waals surface area contributed by atoms with Gasteiger partial charge in [-0.15, -0.1) is 0 Å². The molecule has 0 bridgehead atoms. The Morgan fingerprint density at radius 2 is 1.78 bits per heavy atom. The molecule has 0 atom stereocenters. The molecule has 1 aromatic carbocycles. The largest absolute Gasteiger partial charge is 0.268 e. The van der Waals surface area contributed by atoms with E-state index in [9.17, 15) is 21.6 Å². The zero-order chi connectivity index (χ0) is 13.3. The van der Waals surface area contributed by atoms with Gasteiger partial charge < -0.3 is 0 Å². The molecule has 0 amide bonds. The van der Waals surface area contributed by atoms with Gasteiger partial charge in [-0.2, -0.15) is 5.10 Å². The second-order valence-electron chi connectivity index (χ2n) is 3.27. The fourth-order valence-corrected chi connectivity index (χ4v) is 2.43. The van der Waals surface area contributed by atoms with Crippen molar-refractivity contribution in [3.63, 3.8) is 0 Å². The molecule has 9 heteroatoms. The molecule has 0 spiro atoms. The Morgan fingerprint density at radius 1 is 1.17 bits per heavy atom. The lowest BCUT2D eigenvalue weighted by molar-refractivity contribution is 0.498. The van der Waals surface area contributed by atoms with Crippen LogP contribution in [0.25, 0.3) is 0 Å². The standard InChI is InChI=1S/C9H6F3N3O2S/c10-5-3-6(11)9(7(12)4-5)18(16,17)15-8-1-2-13-14-8/h1-4H,(H2,13,14,15). The minimum absolute atomic E-state index is 0.0712. The maximum absolute atomic E-state index is 13.3. The van der Waals surface area contributed by atoms with Crippen LogP contribution < -0.4 is 4.72 Å². The maximum Gasteiger partial charge on any atom is 0.268 e. The number of nitrogens with zero attached hydrogens (tertiary/aromatic N) is 1. The highest BCUT2D eigenvalue weighted by atomic mass is 32.2. The number of hydrogen-bond donors (Lipinski definition) is 2. The van der Waals surface area contributed by atoms with Crippen LogP contribution in [-0.2, 0) is 10.0 Å². The van der Waals surface area contributed by atoms with Gasteiger partial charge in [-0.1, -0.05) is 0 Å². The summed E-state index contributed by atoms with van der Waals surface area (Å²) in [5.74, 6) is -4.30. The number of H-pyrrole nitrogens is 1. The smallest absolute Gasteiger partial charge is 0.264 e. The molecule has 0 saturated heterocycles. The molecule has 2 N–H and O–H groups in total. The number of nitrogens with one attached hydrogen (secondary N) is 2. The molecule has 96 valence electrons. The molecular weight excluding hydrogens is 271 g/mol. The van der Waals surface area contributed by atoms with Crippen molar-refractivity contribution in [1.29, 1.82) is 0 Å². The van der Waals surface area contributed by atoms with Gasteiger partial charge in [0.05, 0.1) is 6.20 Å². The topological polar surface area (TPSA) is 74.8 Å². The second-order valence-corrected chi connectivity index (χ2v) is 4.89. The SMILES string of the molecule is O=S(=O)(Nc1ccn[nH]1)c1c(F)cc(F)cc1F. The van der Waals surface area contributed by atoms with Crippen LogP contribution in [0.3, 0.4) is 0 Å². The molecule has 2 aromatic rings. The van der Waals surface area contributed by atoms with Crippen LogP contribution in [0.5, 0.6) is 0 Å². The van der Waals surface area contributed by atoms with E-state index in [1.54, 1.807) is 0 Å². The van der Waals surface area contributed by atoms with Crippen LogP contribution in [0.1, 0.15) is 0 Å². The zero-order valence-corrected chi connectivity index (χ0v) is 9.43. The molecule has 0 fully saturated rings. The van der Waals surface area contributed by atoms with Gasteiger partial charge in [0.2, 0.25) is 0 Å². The minimum atomic E-state index is -4.50. The van der Waals surface area contributed by atoms with Gasteiger partial charge in [-0.25, -0.2) is 21.6 Å². The molecular formula is C9H6F3N3O2S. The lowest BCUT2D eigenvalue weighted by Crippen LogP contribution is -2.17. The number of aromatic nitrogens is 2. The number of aromatic amines is 1. The summed E-state index contributed by atoms with van der Waals surface area (Å²) in [7, 11) is -4.50. The van der Waals surface area contributed by atoms with Gasteiger partial charge in [0, 0.05) is 18.2 Å². The first kappa shape index (κ1) is 12.4. The fourth-order valence-electron chi connectivity index (χ4n) is 1.29. The molecule has 0 radical (unpaired) electrons. The van der Waals surface area contributed by atoms with Crippen molar-refractivity contribution < 1.29 is 21.6 Å². The lowest BCUT2D eigenvalue weighted by atomic mass is 10.3. The van der Waals surface area contributed by atoms with Gasteiger partial charge >= 0.3 is 0 Å². The molecule has 0 saturated carbocycles. The Bertz CT molecular complexity index is 647. The summed E-state index contributed by atoms with van der Waals surface area (Å²) >= 11 is 0. The van der Waals surface area contributed by atoms with E-state index in [4.69, 9.17) is 0 Å². The summed E-state index contributed by atoms with van der Waals surface area (Å²) in [6.07, 6.45) is 1.25. The third-order valence-electron chi connectivity index (χ3n) is 1.98. The molecule has 0 aliphatic heterocycles. The van der Waals surface area contributed by atoms with E-state index >= 15 is 0 Å². The molecule has 1 heterocycles. The zero-order valence-electron chi connectivity index (χ0n) is 8.62. The van der Waals surface area contributed by atoms with E-state index in [-0.39, 0.29) is 18.0 Å². The minimum Gasteiger partial charge on any atom is -0.264 e. The van der Waals surface area contributed by atoms with E-state index in [0.29, 0.717) is 0 Å². The molecule has 1 aromatic heterocycles. The highest BCUT2D eigenvalue weighted by molar-refractivity contribution is 7.92. The molecule has 2 rings (SSSR count). The second kappa shape index (κ2) is 4.33. The van der Waals surface area contributed by atoms with Crippen molar-refractivity contribution in [3.05, 3.63) is 41.8 Å². The molecule has 18 heavy (non-hydrogen) atoms. The van der Waals surface area contributed by atoms with Crippen molar-refractivity contribution in [2.45, 2.75) is 4.90 Å². The Kier molecular flexibility index (Phi) is 2.99. The van der Waals surface area contributed by atoms with Crippen LogP contribution in [-0.4, -0.2) is 18.6 Å². The van der Waals surface area contributed by atoms with Gasteiger partial charge in [0.1, 0.15) is 23.3 Å². The number of anilines is 1. The van der Waals surface area contributed by atoms with Crippen LogP contribution in [0.4, 0.5) is 19.0 Å².